The second-order valence-corrected chi connectivity index (χ2v) is 21.6. The molecule has 0 bridgehead atoms. The molecule has 5 N–H and O–H groups in total. The number of non-ortho nitro benzene ring substituents is 3. The van der Waals surface area contributed by atoms with E-state index < -0.39 is 45.1 Å². The maximum atomic E-state index is 11.5. The predicted molar refractivity (Wildman–Crippen MR) is 320 cm³/mol. The molecular formula is C53H62Cl3N9O17S2. The molecule has 4 amide bonds. The third kappa shape index (κ3) is 28.7. The third-order valence-electron chi connectivity index (χ3n) is 9.55. The van der Waals surface area contributed by atoms with E-state index in [1.807, 2.05) is 0 Å². The number of hydrogen-bond acceptors (Lipinski definition) is 17. The van der Waals surface area contributed by atoms with Crippen molar-refractivity contribution < 1.29 is 65.5 Å². The van der Waals surface area contributed by atoms with E-state index in [0.29, 0.717) is 27.9 Å². The first-order chi connectivity index (χ1) is 38.4. The van der Waals surface area contributed by atoms with Gasteiger partial charge in [-0.3, -0.25) is 54.3 Å². The summed E-state index contributed by atoms with van der Waals surface area (Å²) in [6.45, 7) is 4.25. The summed E-state index contributed by atoms with van der Waals surface area (Å²) in [5, 5.41) is 43.4. The maximum Gasteiger partial charge on any atom is 0.335 e. The fourth-order valence-electron chi connectivity index (χ4n) is 5.37. The molecule has 0 unspecified atom stereocenters. The van der Waals surface area contributed by atoms with Gasteiger partial charge in [-0.1, -0.05) is 20.3 Å². The number of benzene rings is 6. The summed E-state index contributed by atoms with van der Waals surface area (Å²) in [6, 6.07) is 33.1. The zero-order chi connectivity index (χ0) is 64.1. The molecule has 0 aliphatic heterocycles. The van der Waals surface area contributed by atoms with Crippen molar-refractivity contribution in [1.82, 2.24) is 19.6 Å². The standard InChI is InChI=1S/C9H10ClNO3S.C9H12N2O3S.C9H10N2O3.C9H12N2O.C7H4ClNO3.C7H5NO4.C3H8.ClH/c2*1-11(2)9(12)7-3-5-8(6-4-7)15(10,13)14;1-10(2)9(12)7-3-5-8(6-4-7)11(13)14;1-11(2)9(12)7-3-5-8(10)6-4-7;8-7(10)5-1-3-6(4-2-5)9(11)12;9-7(10)5-1-3-6(4-2-5)8(11)12;1-3-2;/h3-6H,1-2H3;3-6H,1-2H3,(H2,10,13,14);3-6H,1-2H3;3-6H,10H2,1-2H3;1-4H;1-4H,(H,9,10);3H2,1-2H3;1H. The van der Waals surface area contributed by atoms with Gasteiger partial charge in [-0.2, -0.15) is 0 Å². The van der Waals surface area contributed by atoms with Crippen LogP contribution in [0.4, 0.5) is 22.7 Å². The van der Waals surface area contributed by atoms with Gasteiger partial charge in [-0.05, 0) is 121 Å². The lowest BCUT2D eigenvalue weighted by molar-refractivity contribution is -0.385. The van der Waals surface area contributed by atoms with Crippen LogP contribution in [-0.2, 0) is 19.1 Å². The van der Waals surface area contributed by atoms with Crippen LogP contribution in [-0.4, -0.2) is 148 Å². The Bertz CT molecular complexity index is 3170. The van der Waals surface area contributed by atoms with Crippen LogP contribution in [0.25, 0.3) is 0 Å². The minimum atomic E-state index is -3.72. The first-order valence-electron chi connectivity index (χ1n) is 23.5. The van der Waals surface area contributed by atoms with Crippen molar-refractivity contribution in [2.45, 2.75) is 30.1 Å². The number of nitrogen functional groups attached to an aromatic ring is 1. The fourth-order valence-corrected chi connectivity index (χ4v) is 6.78. The van der Waals surface area contributed by atoms with Crippen molar-refractivity contribution in [2.24, 2.45) is 5.14 Å². The monoisotopic (exact) mass is 1270 g/mol. The third-order valence-corrected chi connectivity index (χ3v) is 12.1. The Kier molecular flexibility index (Phi) is 34.2. The second kappa shape index (κ2) is 37.2. The Morgan fingerprint density at radius 1 is 0.452 bits per heavy atom. The van der Waals surface area contributed by atoms with Gasteiger partial charge in [0, 0.05) is 137 Å². The van der Waals surface area contributed by atoms with Gasteiger partial charge >= 0.3 is 5.97 Å². The highest BCUT2D eigenvalue weighted by atomic mass is 35.7. The van der Waals surface area contributed by atoms with Crippen LogP contribution >= 0.6 is 34.7 Å². The number of aromatic carboxylic acids is 1. The smallest absolute Gasteiger partial charge is 0.335 e. The lowest BCUT2D eigenvalue weighted by Crippen LogP contribution is -2.21. The summed E-state index contributed by atoms with van der Waals surface area (Å²) < 4.78 is 43.7. The number of rotatable bonds is 11. The van der Waals surface area contributed by atoms with Gasteiger partial charge in [0.1, 0.15) is 0 Å². The summed E-state index contributed by atoms with van der Waals surface area (Å²) in [5.74, 6) is -1.63. The number of carbonyl (C=O) groups excluding carboxylic acids is 5. The highest BCUT2D eigenvalue weighted by Crippen LogP contribution is 2.17. The van der Waals surface area contributed by atoms with Crippen LogP contribution in [0, 0.1) is 30.3 Å². The van der Waals surface area contributed by atoms with Crippen molar-refractivity contribution in [3.8, 4) is 0 Å². The number of nitrogens with zero attached hydrogens (tertiary/aromatic N) is 7. The molecule has 31 heteroatoms. The molecule has 454 valence electrons. The Morgan fingerprint density at radius 2 is 0.667 bits per heavy atom. The first kappa shape index (κ1) is 77.1. The molecule has 6 aromatic carbocycles. The van der Waals surface area contributed by atoms with E-state index in [0.717, 1.165) is 12.1 Å². The van der Waals surface area contributed by atoms with E-state index in [-0.39, 0.29) is 74.0 Å². The molecule has 0 saturated carbocycles. The highest BCUT2D eigenvalue weighted by Gasteiger charge is 2.15. The normalized spacial score (nSPS) is 9.82. The number of hydrogen-bond donors (Lipinski definition) is 3. The van der Waals surface area contributed by atoms with E-state index in [1.54, 1.807) is 80.6 Å². The van der Waals surface area contributed by atoms with Gasteiger partial charge in [0.15, 0.2) is 0 Å². The second-order valence-electron chi connectivity index (χ2n) is 17.1. The number of nitrogens with two attached hydrogens (primary N) is 2. The average Bonchev–Trinajstić information content (AvgIpc) is 3.62. The van der Waals surface area contributed by atoms with Crippen LogP contribution in [0.3, 0.4) is 0 Å². The van der Waals surface area contributed by atoms with E-state index in [1.165, 1.54) is 135 Å². The number of primary sulfonamides is 1. The SMILES string of the molecule is CCC.CN(C)C(=O)c1ccc(N)cc1.CN(C)C(=O)c1ccc(S(=O)(=O)Cl)cc1.CN(C)C(=O)c1ccc(S(N)(=O)=O)cc1.CN(C)C(=O)c1ccc([N+](=O)[O-])cc1.Cl.O=C(Cl)c1ccc([N+](=O)[O-])cc1.O=C(O)c1ccc([N+](=O)[O-])cc1. The van der Waals surface area contributed by atoms with E-state index in [2.05, 4.69) is 13.8 Å². The topological polar surface area (TPSA) is 385 Å². The number of nitro benzene ring substituents is 3. The predicted octanol–water partition coefficient (Wildman–Crippen LogP) is 8.72. The molecule has 0 spiro atoms. The minimum absolute atomic E-state index is 0. The van der Waals surface area contributed by atoms with Gasteiger partial charge in [-0.25, -0.2) is 26.8 Å². The summed E-state index contributed by atoms with van der Waals surface area (Å²) >= 11 is 5.13. The van der Waals surface area contributed by atoms with Crippen LogP contribution < -0.4 is 10.9 Å². The zero-order valence-electron chi connectivity index (χ0n) is 46.8. The number of sulfonamides is 1. The van der Waals surface area contributed by atoms with Gasteiger partial charge in [0.2, 0.25) is 10.0 Å². The van der Waals surface area contributed by atoms with Crippen molar-refractivity contribution in [3.05, 3.63) is 209 Å². The number of anilines is 1. The quantitative estimate of drug-likeness (QED) is 0.0472. The molecule has 26 nitrogen and oxygen atoms in total. The summed E-state index contributed by atoms with van der Waals surface area (Å²) in [5.41, 5.74) is 8.21. The number of halogens is 3. The Balaban J connectivity index is 0. The van der Waals surface area contributed by atoms with Crippen LogP contribution in [0.15, 0.2) is 155 Å². The summed E-state index contributed by atoms with van der Waals surface area (Å²) in [6.07, 6.45) is 1.25. The molecule has 6 rings (SSSR count). The van der Waals surface area contributed by atoms with Crippen LogP contribution in [0.5, 0.6) is 0 Å². The lowest BCUT2D eigenvalue weighted by Gasteiger charge is -2.09. The van der Waals surface area contributed by atoms with Crippen molar-refractivity contribution in [2.75, 3.05) is 62.1 Å². The average molecular weight is 1270 g/mol. The van der Waals surface area contributed by atoms with Gasteiger partial charge < -0.3 is 30.4 Å². The lowest BCUT2D eigenvalue weighted by atomic mass is 10.2. The number of carboxylic acids is 1. The molecule has 84 heavy (non-hydrogen) atoms. The van der Waals surface area contributed by atoms with Crippen molar-refractivity contribution in [1.29, 1.82) is 0 Å². The maximum absolute atomic E-state index is 11.5. The van der Waals surface area contributed by atoms with Crippen LogP contribution in [0.2, 0.25) is 0 Å². The highest BCUT2D eigenvalue weighted by molar-refractivity contribution is 8.13. The largest absolute Gasteiger partial charge is 0.478 e. The summed E-state index contributed by atoms with van der Waals surface area (Å²) in [7, 11) is 10.9. The minimum Gasteiger partial charge on any atom is -0.478 e. The molecule has 0 heterocycles. The Hall–Kier alpha value is -8.93. The van der Waals surface area contributed by atoms with Gasteiger partial charge in [0.05, 0.1) is 30.1 Å². The van der Waals surface area contributed by atoms with Crippen LogP contribution in [0.1, 0.15) is 82.4 Å². The Labute approximate surface area is 500 Å². The number of carboxylic acid groups (broad SMARTS) is 1. The molecular weight excluding hydrogens is 1210 g/mol. The Morgan fingerprint density at radius 3 is 0.869 bits per heavy atom. The number of carbonyl (C=O) groups is 6. The van der Waals surface area contributed by atoms with E-state index in [9.17, 15) is 75.9 Å². The molecule has 0 atom stereocenters. The summed E-state index contributed by atoms with van der Waals surface area (Å²) in [4.78, 5) is 101. The molecule has 0 aliphatic carbocycles. The molecule has 0 aromatic heterocycles. The molecule has 6 aromatic rings. The number of amides is 4. The molecule has 0 saturated heterocycles. The van der Waals surface area contributed by atoms with E-state index in [4.69, 9.17) is 38.3 Å². The molecule has 0 aliphatic rings. The van der Waals surface area contributed by atoms with Crippen molar-refractivity contribution in [3.63, 3.8) is 0 Å². The van der Waals surface area contributed by atoms with Crippen molar-refractivity contribution >= 4 is 111 Å². The molecule has 0 radical (unpaired) electrons. The van der Waals surface area contributed by atoms with E-state index >= 15 is 0 Å². The van der Waals surface area contributed by atoms with Gasteiger partial charge in [0.25, 0.3) is 55.0 Å². The number of nitro groups is 3. The zero-order valence-corrected chi connectivity index (χ0v) is 50.8. The molecule has 0 fully saturated rings. The first-order valence-corrected chi connectivity index (χ1v) is 27.7. The fraction of sp³-hybridized carbons (Fsp3) is 0.208. The van der Waals surface area contributed by atoms with Gasteiger partial charge in [-0.15, -0.1) is 12.4 Å².